The van der Waals surface area contributed by atoms with Crippen LogP contribution in [0.1, 0.15) is 50.0 Å². The monoisotopic (exact) mass is 327 g/mol. The van der Waals surface area contributed by atoms with Crippen LogP contribution in [0.5, 0.6) is 0 Å². The maximum absolute atomic E-state index is 12.5. The second-order valence-electron chi connectivity index (χ2n) is 5.60. The predicted molar refractivity (Wildman–Crippen MR) is 85.3 cm³/mol. The number of aromatic amines is 1. The van der Waals surface area contributed by atoms with Crippen LogP contribution in [0.4, 0.5) is 0 Å². The van der Waals surface area contributed by atoms with Gasteiger partial charge in [0.1, 0.15) is 10.6 Å². The van der Waals surface area contributed by atoms with Gasteiger partial charge in [-0.3, -0.25) is 4.79 Å². The molecule has 6 nitrogen and oxygen atoms in total. The van der Waals surface area contributed by atoms with Crippen LogP contribution < -0.4 is 0 Å². The van der Waals surface area contributed by atoms with Gasteiger partial charge in [-0.2, -0.15) is 4.31 Å². The molecule has 0 bridgehead atoms. The summed E-state index contributed by atoms with van der Waals surface area (Å²) in [4.78, 5) is 17.2. The van der Waals surface area contributed by atoms with Crippen LogP contribution in [0.2, 0.25) is 0 Å². The van der Waals surface area contributed by atoms with Crippen molar-refractivity contribution in [3.05, 3.63) is 18.0 Å². The van der Waals surface area contributed by atoms with E-state index in [1.165, 1.54) is 16.6 Å². The molecule has 0 atom stereocenters. The number of hydrogen-bond acceptors (Lipinski definition) is 3. The summed E-state index contributed by atoms with van der Waals surface area (Å²) >= 11 is 0. The van der Waals surface area contributed by atoms with Gasteiger partial charge in [0.15, 0.2) is 0 Å². The van der Waals surface area contributed by atoms with E-state index in [-0.39, 0.29) is 10.8 Å². The summed E-state index contributed by atoms with van der Waals surface area (Å²) in [6.45, 7) is 6.44. The van der Waals surface area contributed by atoms with Gasteiger partial charge >= 0.3 is 0 Å². The lowest BCUT2D eigenvalue weighted by Gasteiger charge is -2.19. The van der Waals surface area contributed by atoms with Crippen molar-refractivity contribution in [3.63, 3.8) is 0 Å². The number of H-pyrrole nitrogens is 1. The number of hydrogen-bond donors (Lipinski definition) is 1. The molecule has 1 amide bonds. The normalized spacial score (nSPS) is 16.1. The van der Waals surface area contributed by atoms with E-state index in [4.69, 9.17) is 0 Å². The summed E-state index contributed by atoms with van der Waals surface area (Å²) in [5.41, 5.74) is 0.343. The number of rotatable bonds is 7. The van der Waals surface area contributed by atoms with E-state index in [2.05, 4.69) is 11.9 Å². The van der Waals surface area contributed by atoms with E-state index in [0.29, 0.717) is 31.9 Å². The number of sulfonamides is 1. The molecule has 0 saturated carbocycles. The zero-order valence-electron chi connectivity index (χ0n) is 13.3. The highest BCUT2D eigenvalue weighted by Gasteiger charge is 2.29. The Balaban J connectivity index is 2.14. The summed E-state index contributed by atoms with van der Waals surface area (Å²) in [7, 11) is -3.47. The van der Waals surface area contributed by atoms with Crippen molar-refractivity contribution < 1.29 is 13.2 Å². The summed E-state index contributed by atoms with van der Waals surface area (Å²) in [5.74, 6) is -0.140. The molecule has 7 heteroatoms. The lowest BCUT2D eigenvalue weighted by Crippen LogP contribution is -2.32. The largest absolute Gasteiger partial charge is 0.356 e. The van der Waals surface area contributed by atoms with Crippen molar-refractivity contribution in [3.8, 4) is 0 Å². The Morgan fingerprint density at radius 2 is 2.00 bits per heavy atom. The second-order valence-corrected chi connectivity index (χ2v) is 7.54. The fourth-order valence-corrected chi connectivity index (χ4v) is 4.16. The molecule has 1 aromatic heterocycles. The maximum atomic E-state index is 12.5. The van der Waals surface area contributed by atoms with Gasteiger partial charge in [-0.1, -0.05) is 13.3 Å². The summed E-state index contributed by atoms with van der Waals surface area (Å²) < 4.78 is 26.4. The van der Waals surface area contributed by atoms with Gasteiger partial charge in [-0.05, 0) is 32.3 Å². The first-order chi connectivity index (χ1) is 10.5. The van der Waals surface area contributed by atoms with Gasteiger partial charge < -0.3 is 9.88 Å². The molecule has 0 unspecified atom stereocenters. The SMILES string of the molecule is CCCCN(CC)C(=O)c1cc(S(=O)(=O)N2CCCC2)c[nH]1. The van der Waals surface area contributed by atoms with E-state index in [0.717, 1.165) is 25.7 Å². The number of nitrogens with one attached hydrogen (secondary N) is 1. The Hall–Kier alpha value is -1.34. The third kappa shape index (κ3) is 3.52. The van der Waals surface area contributed by atoms with E-state index < -0.39 is 10.0 Å². The smallest absolute Gasteiger partial charge is 0.270 e. The van der Waals surface area contributed by atoms with E-state index in [1.807, 2.05) is 6.92 Å². The Kier molecular flexibility index (Phi) is 5.63. The molecule has 2 heterocycles. The molecule has 1 fully saturated rings. The quantitative estimate of drug-likeness (QED) is 0.833. The zero-order valence-corrected chi connectivity index (χ0v) is 14.2. The van der Waals surface area contributed by atoms with Crippen LogP contribution in [-0.2, 0) is 10.0 Å². The summed E-state index contributed by atoms with van der Waals surface area (Å²) in [5, 5.41) is 0. The third-order valence-electron chi connectivity index (χ3n) is 4.04. The van der Waals surface area contributed by atoms with Gasteiger partial charge in [0, 0.05) is 32.4 Å². The van der Waals surface area contributed by atoms with Crippen molar-refractivity contribution in [2.24, 2.45) is 0 Å². The minimum atomic E-state index is -3.47. The van der Waals surface area contributed by atoms with Crippen molar-refractivity contribution in [1.82, 2.24) is 14.2 Å². The minimum Gasteiger partial charge on any atom is -0.356 e. The van der Waals surface area contributed by atoms with Crippen molar-refractivity contribution >= 4 is 15.9 Å². The molecule has 22 heavy (non-hydrogen) atoms. The van der Waals surface area contributed by atoms with Gasteiger partial charge in [0.05, 0.1) is 0 Å². The minimum absolute atomic E-state index is 0.140. The highest BCUT2D eigenvalue weighted by Crippen LogP contribution is 2.21. The first-order valence-electron chi connectivity index (χ1n) is 7.98. The zero-order chi connectivity index (χ0) is 16.2. The standard InChI is InChI=1S/C15H25N3O3S/c1-3-5-8-17(4-2)15(19)14-11-13(12-16-14)22(20,21)18-9-6-7-10-18/h11-12,16H,3-10H2,1-2H3. The lowest BCUT2D eigenvalue weighted by molar-refractivity contribution is 0.0757. The maximum Gasteiger partial charge on any atom is 0.270 e. The van der Waals surface area contributed by atoms with Crippen LogP contribution in [0.3, 0.4) is 0 Å². The van der Waals surface area contributed by atoms with Gasteiger partial charge in [-0.15, -0.1) is 0 Å². The predicted octanol–water partition coefficient (Wildman–Crippen LogP) is 2.06. The molecule has 0 radical (unpaired) electrons. The molecule has 1 saturated heterocycles. The van der Waals surface area contributed by atoms with E-state index >= 15 is 0 Å². The number of unbranched alkanes of at least 4 members (excludes halogenated alkanes) is 1. The van der Waals surface area contributed by atoms with Crippen molar-refractivity contribution in [2.75, 3.05) is 26.2 Å². The number of nitrogens with zero attached hydrogens (tertiary/aromatic N) is 2. The number of amides is 1. The highest BCUT2D eigenvalue weighted by atomic mass is 32.2. The molecular formula is C15H25N3O3S. The molecule has 0 aromatic carbocycles. The molecule has 1 aliphatic heterocycles. The fraction of sp³-hybridized carbons (Fsp3) is 0.667. The number of aromatic nitrogens is 1. The molecule has 2 rings (SSSR count). The highest BCUT2D eigenvalue weighted by molar-refractivity contribution is 7.89. The van der Waals surface area contributed by atoms with Crippen molar-refractivity contribution in [1.29, 1.82) is 0 Å². The molecule has 1 aromatic rings. The van der Waals surface area contributed by atoms with Crippen LogP contribution in [-0.4, -0.2) is 54.7 Å². The van der Waals surface area contributed by atoms with Crippen LogP contribution in [0.15, 0.2) is 17.2 Å². The first kappa shape index (κ1) is 17.0. The molecule has 1 N–H and O–H groups in total. The molecular weight excluding hydrogens is 302 g/mol. The van der Waals surface area contributed by atoms with E-state index in [1.54, 1.807) is 4.90 Å². The molecule has 0 spiro atoms. The van der Waals surface area contributed by atoms with Crippen LogP contribution in [0, 0.1) is 0 Å². The molecule has 124 valence electrons. The Morgan fingerprint density at radius 3 is 2.59 bits per heavy atom. The van der Waals surface area contributed by atoms with Gasteiger partial charge in [0.25, 0.3) is 5.91 Å². The topological polar surface area (TPSA) is 73.5 Å². The fourth-order valence-electron chi connectivity index (χ4n) is 2.65. The summed E-state index contributed by atoms with van der Waals surface area (Å²) in [6.07, 6.45) is 5.18. The second kappa shape index (κ2) is 7.28. The molecule has 1 aliphatic rings. The number of carbonyl (C=O) groups is 1. The van der Waals surface area contributed by atoms with Crippen LogP contribution in [0.25, 0.3) is 0 Å². The Labute approximate surface area is 132 Å². The average Bonchev–Trinajstić information content (AvgIpc) is 3.19. The third-order valence-corrected chi connectivity index (χ3v) is 5.92. The lowest BCUT2D eigenvalue weighted by atomic mass is 10.3. The Morgan fingerprint density at radius 1 is 1.32 bits per heavy atom. The molecule has 0 aliphatic carbocycles. The van der Waals surface area contributed by atoms with Gasteiger partial charge in [0.2, 0.25) is 10.0 Å². The van der Waals surface area contributed by atoms with Crippen LogP contribution >= 0.6 is 0 Å². The van der Waals surface area contributed by atoms with Gasteiger partial charge in [-0.25, -0.2) is 8.42 Å². The first-order valence-corrected chi connectivity index (χ1v) is 9.42. The summed E-state index contributed by atoms with van der Waals surface area (Å²) in [6, 6.07) is 1.46. The Bertz CT molecular complexity index is 603. The van der Waals surface area contributed by atoms with E-state index in [9.17, 15) is 13.2 Å². The average molecular weight is 327 g/mol. The number of carbonyl (C=O) groups excluding carboxylic acids is 1. The van der Waals surface area contributed by atoms with Crippen molar-refractivity contribution in [2.45, 2.75) is 44.4 Å².